The summed E-state index contributed by atoms with van der Waals surface area (Å²) in [5.41, 5.74) is 5.47. The van der Waals surface area contributed by atoms with Gasteiger partial charge < -0.3 is 10.3 Å². The maximum absolute atomic E-state index is 12.0. The first kappa shape index (κ1) is 14.5. The number of unbranched alkanes of at least 4 members (excludes halogenated alkanes) is 1. The molecule has 0 aliphatic carbocycles. The van der Waals surface area contributed by atoms with Gasteiger partial charge in [0.25, 0.3) is 0 Å². The van der Waals surface area contributed by atoms with Crippen LogP contribution in [0.2, 0.25) is 0 Å². The Bertz CT molecular complexity index is 640. The number of nitrogen functional groups attached to an aromatic ring is 1. The van der Waals surface area contributed by atoms with E-state index in [1.54, 1.807) is 12.5 Å². The van der Waals surface area contributed by atoms with E-state index in [9.17, 15) is 8.42 Å². The van der Waals surface area contributed by atoms with Crippen LogP contribution in [-0.4, -0.2) is 29.5 Å². The maximum Gasteiger partial charge on any atom is 0.240 e. The molecule has 0 fully saturated rings. The van der Waals surface area contributed by atoms with Gasteiger partial charge in [-0.05, 0) is 18.9 Å². The lowest BCUT2D eigenvalue weighted by molar-refractivity contribution is 0.566. The minimum absolute atomic E-state index is 0.139. The third kappa shape index (κ3) is 4.04. The first-order valence-electron chi connectivity index (χ1n) is 6.25. The van der Waals surface area contributed by atoms with Gasteiger partial charge >= 0.3 is 0 Å². The van der Waals surface area contributed by atoms with Crippen molar-refractivity contribution in [3.05, 3.63) is 37.1 Å². The summed E-state index contributed by atoms with van der Waals surface area (Å²) in [7, 11) is -3.51. The van der Waals surface area contributed by atoms with Gasteiger partial charge in [0.15, 0.2) is 0 Å². The van der Waals surface area contributed by atoms with Gasteiger partial charge in [-0.25, -0.2) is 23.1 Å². The van der Waals surface area contributed by atoms with Crippen LogP contribution in [0.25, 0.3) is 0 Å². The Kier molecular flexibility index (Phi) is 4.70. The summed E-state index contributed by atoms with van der Waals surface area (Å²) in [5, 5.41) is 0. The average molecular weight is 295 g/mol. The maximum atomic E-state index is 12.0. The molecule has 0 aliphatic heterocycles. The lowest BCUT2D eigenvalue weighted by atomic mass is 10.3. The Balaban J connectivity index is 1.78. The van der Waals surface area contributed by atoms with E-state index in [1.165, 1.54) is 18.3 Å². The van der Waals surface area contributed by atoms with Crippen LogP contribution < -0.4 is 10.5 Å². The van der Waals surface area contributed by atoms with E-state index >= 15 is 0 Å². The van der Waals surface area contributed by atoms with Crippen molar-refractivity contribution in [1.29, 1.82) is 0 Å². The lowest BCUT2D eigenvalue weighted by Gasteiger charge is -2.07. The summed E-state index contributed by atoms with van der Waals surface area (Å²) >= 11 is 0. The van der Waals surface area contributed by atoms with Crippen molar-refractivity contribution in [3.8, 4) is 0 Å². The summed E-state index contributed by atoms with van der Waals surface area (Å²) in [6.07, 6.45) is 8.34. The molecule has 0 saturated carbocycles. The predicted molar refractivity (Wildman–Crippen MR) is 75.3 cm³/mol. The molecular weight excluding hydrogens is 278 g/mol. The van der Waals surface area contributed by atoms with Gasteiger partial charge in [0.05, 0.1) is 11.2 Å². The fourth-order valence-electron chi connectivity index (χ4n) is 1.72. The van der Waals surface area contributed by atoms with Crippen LogP contribution >= 0.6 is 0 Å². The number of rotatable bonds is 7. The van der Waals surface area contributed by atoms with E-state index in [-0.39, 0.29) is 10.7 Å². The summed E-state index contributed by atoms with van der Waals surface area (Å²) in [6, 6.07) is 2.76. The van der Waals surface area contributed by atoms with Crippen LogP contribution in [0.5, 0.6) is 0 Å². The predicted octanol–water partition coefficient (Wildman–Crippen LogP) is 0.619. The molecule has 0 aliphatic rings. The molecule has 20 heavy (non-hydrogen) atoms. The van der Waals surface area contributed by atoms with Crippen LogP contribution in [-0.2, 0) is 16.6 Å². The van der Waals surface area contributed by atoms with Crippen LogP contribution in [0.1, 0.15) is 12.8 Å². The molecule has 2 heterocycles. The molecule has 0 amide bonds. The number of anilines is 1. The van der Waals surface area contributed by atoms with Crippen molar-refractivity contribution in [2.75, 3.05) is 12.3 Å². The minimum Gasteiger partial charge on any atom is -0.384 e. The number of hydrogen-bond donors (Lipinski definition) is 2. The molecule has 0 atom stereocenters. The largest absolute Gasteiger partial charge is 0.384 e. The number of aryl methyl sites for hydroxylation is 1. The molecule has 0 unspecified atom stereocenters. The summed E-state index contributed by atoms with van der Waals surface area (Å²) < 4.78 is 28.4. The molecule has 7 nitrogen and oxygen atoms in total. The van der Waals surface area contributed by atoms with Crippen LogP contribution in [0.3, 0.4) is 0 Å². The fourth-order valence-corrected chi connectivity index (χ4v) is 2.82. The van der Waals surface area contributed by atoms with Crippen molar-refractivity contribution in [2.45, 2.75) is 24.3 Å². The van der Waals surface area contributed by atoms with Crippen molar-refractivity contribution < 1.29 is 8.42 Å². The lowest BCUT2D eigenvalue weighted by Crippen LogP contribution is -2.25. The summed E-state index contributed by atoms with van der Waals surface area (Å²) in [4.78, 5) is 7.85. The van der Waals surface area contributed by atoms with Gasteiger partial charge in [0.2, 0.25) is 10.0 Å². The third-order valence-corrected chi connectivity index (χ3v) is 4.22. The number of nitrogens with two attached hydrogens (primary N) is 1. The molecule has 2 rings (SSSR count). The highest BCUT2D eigenvalue weighted by Gasteiger charge is 2.13. The molecule has 8 heteroatoms. The zero-order valence-electron chi connectivity index (χ0n) is 10.9. The summed E-state index contributed by atoms with van der Waals surface area (Å²) in [5.74, 6) is 0.188. The highest BCUT2D eigenvalue weighted by Crippen LogP contribution is 2.10. The number of pyridine rings is 1. The zero-order valence-corrected chi connectivity index (χ0v) is 11.8. The first-order chi connectivity index (χ1) is 9.58. The van der Waals surface area contributed by atoms with Crippen LogP contribution in [0.15, 0.2) is 41.9 Å². The molecule has 0 saturated heterocycles. The van der Waals surface area contributed by atoms with Crippen molar-refractivity contribution in [2.24, 2.45) is 0 Å². The molecule has 0 aromatic carbocycles. The Morgan fingerprint density at radius 1 is 1.30 bits per heavy atom. The Morgan fingerprint density at radius 2 is 2.15 bits per heavy atom. The molecule has 0 radical (unpaired) electrons. The topological polar surface area (TPSA) is 103 Å². The van der Waals surface area contributed by atoms with Gasteiger partial charge in [0, 0.05) is 37.7 Å². The molecule has 108 valence electrons. The fraction of sp³-hybridized carbons (Fsp3) is 0.333. The van der Waals surface area contributed by atoms with E-state index in [0.717, 1.165) is 19.4 Å². The average Bonchev–Trinajstić information content (AvgIpc) is 2.91. The second-order valence-corrected chi connectivity index (χ2v) is 6.09. The molecule has 0 bridgehead atoms. The second-order valence-electron chi connectivity index (χ2n) is 4.32. The van der Waals surface area contributed by atoms with Crippen molar-refractivity contribution >= 4 is 15.8 Å². The number of nitrogens with one attached hydrogen (secondary N) is 1. The van der Waals surface area contributed by atoms with E-state index < -0.39 is 10.0 Å². The van der Waals surface area contributed by atoms with Gasteiger partial charge in [-0.3, -0.25) is 0 Å². The molecule has 0 spiro atoms. The van der Waals surface area contributed by atoms with Gasteiger partial charge in [-0.2, -0.15) is 0 Å². The number of aromatic nitrogens is 3. The Labute approximate surface area is 117 Å². The van der Waals surface area contributed by atoms with E-state index in [0.29, 0.717) is 6.54 Å². The number of imidazole rings is 1. The standard InChI is InChI=1S/C12H17N5O2S/c13-12-9-11(3-5-15-12)20(18,19)16-4-1-2-7-17-8-6-14-10-17/h3,5-6,8-10,16H,1-2,4,7H2,(H2,13,15). The van der Waals surface area contributed by atoms with E-state index in [4.69, 9.17) is 5.73 Å². The van der Waals surface area contributed by atoms with Crippen LogP contribution in [0, 0.1) is 0 Å². The SMILES string of the molecule is Nc1cc(S(=O)(=O)NCCCCn2ccnc2)ccn1. The smallest absolute Gasteiger partial charge is 0.240 e. The first-order valence-corrected chi connectivity index (χ1v) is 7.73. The number of sulfonamides is 1. The van der Waals surface area contributed by atoms with E-state index in [2.05, 4.69) is 14.7 Å². The number of hydrogen-bond acceptors (Lipinski definition) is 5. The third-order valence-electron chi connectivity index (χ3n) is 2.76. The Morgan fingerprint density at radius 3 is 2.85 bits per heavy atom. The molecular formula is C12H17N5O2S. The second kappa shape index (κ2) is 6.49. The van der Waals surface area contributed by atoms with Crippen LogP contribution in [0.4, 0.5) is 5.82 Å². The molecule has 3 N–H and O–H groups in total. The van der Waals surface area contributed by atoms with Crippen molar-refractivity contribution in [1.82, 2.24) is 19.3 Å². The minimum atomic E-state index is -3.51. The van der Waals surface area contributed by atoms with Gasteiger partial charge in [-0.15, -0.1) is 0 Å². The van der Waals surface area contributed by atoms with Crippen molar-refractivity contribution in [3.63, 3.8) is 0 Å². The molecule has 2 aromatic heterocycles. The summed E-state index contributed by atoms with van der Waals surface area (Å²) in [6.45, 7) is 1.21. The number of nitrogens with zero attached hydrogens (tertiary/aromatic N) is 3. The normalized spacial score (nSPS) is 11.6. The quantitative estimate of drug-likeness (QED) is 0.729. The highest BCUT2D eigenvalue weighted by atomic mass is 32.2. The van der Waals surface area contributed by atoms with E-state index in [1.807, 2.05) is 10.8 Å². The highest BCUT2D eigenvalue weighted by molar-refractivity contribution is 7.89. The monoisotopic (exact) mass is 295 g/mol. The Hall–Kier alpha value is -1.93. The molecule has 2 aromatic rings. The van der Waals surface area contributed by atoms with Gasteiger partial charge in [0.1, 0.15) is 5.82 Å². The van der Waals surface area contributed by atoms with Gasteiger partial charge in [-0.1, -0.05) is 0 Å². The zero-order chi connectivity index (χ0) is 14.4.